The molecule has 1 aromatic carbocycles. The fourth-order valence-electron chi connectivity index (χ4n) is 1.70. The Bertz CT molecular complexity index is 390. The number of urea groups is 1. The van der Waals surface area contributed by atoms with Crippen LogP contribution < -0.4 is 5.32 Å². The van der Waals surface area contributed by atoms with E-state index >= 15 is 0 Å². The summed E-state index contributed by atoms with van der Waals surface area (Å²) in [5.74, 6) is 0. The number of amides is 2. The van der Waals surface area contributed by atoms with Crippen LogP contribution in [-0.4, -0.2) is 42.3 Å². The number of aliphatic hydroxyl groups excluding tert-OH is 1. The minimum absolute atomic E-state index is 0.0254. The van der Waals surface area contributed by atoms with Gasteiger partial charge in [-0.1, -0.05) is 31.2 Å². The van der Waals surface area contributed by atoms with Crippen LogP contribution in [0.25, 0.3) is 0 Å². The molecule has 0 aromatic heterocycles. The number of carbonyl (C=O) groups is 1. The molecule has 1 atom stereocenters. The van der Waals surface area contributed by atoms with Crippen LogP contribution in [0.15, 0.2) is 24.3 Å². The highest BCUT2D eigenvalue weighted by Crippen LogP contribution is 2.05. The molecule has 2 N–H and O–H groups in total. The fraction of sp³-hybridized carbons (Fsp3) is 0.533. The van der Waals surface area contributed by atoms with Crippen molar-refractivity contribution in [1.82, 2.24) is 10.2 Å². The van der Waals surface area contributed by atoms with Gasteiger partial charge in [0.25, 0.3) is 0 Å². The molecular formula is C15H24N2O2. The molecule has 0 aliphatic carbocycles. The average Bonchev–Trinajstić information content (AvgIpc) is 2.46. The highest BCUT2D eigenvalue weighted by molar-refractivity contribution is 5.74. The van der Waals surface area contributed by atoms with E-state index in [0.717, 1.165) is 12.8 Å². The van der Waals surface area contributed by atoms with Crippen molar-refractivity contribution in [1.29, 1.82) is 0 Å². The summed E-state index contributed by atoms with van der Waals surface area (Å²) in [6.45, 7) is 4.52. The highest BCUT2D eigenvalue weighted by atomic mass is 16.3. The van der Waals surface area contributed by atoms with Crippen molar-refractivity contribution < 1.29 is 9.90 Å². The Labute approximate surface area is 115 Å². The summed E-state index contributed by atoms with van der Waals surface area (Å²) in [6.07, 6.45) is 1.86. The number of carbonyl (C=O) groups excluding carboxylic acids is 1. The molecule has 0 bridgehead atoms. The lowest BCUT2D eigenvalue weighted by Crippen LogP contribution is -2.44. The molecule has 19 heavy (non-hydrogen) atoms. The minimum Gasteiger partial charge on any atom is -0.394 e. The van der Waals surface area contributed by atoms with Crippen LogP contribution in [0.1, 0.15) is 25.0 Å². The van der Waals surface area contributed by atoms with Gasteiger partial charge in [0.15, 0.2) is 0 Å². The standard InChI is InChI=1S/C15H24N2O2/c1-4-13-5-7-14(8-6-13)9-10-16-15(19)17(3)12(2)11-18/h5-8,12,18H,4,9-11H2,1-3H3,(H,16,19). The molecule has 2 amide bonds. The Balaban J connectivity index is 2.35. The summed E-state index contributed by atoms with van der Waals surface area (Å²) < 4.78 is 0. The zero-order valence-corrected chi connectivity index (χ0v) is 12.0. The Morgan fingerprint density at radius 1 is 1.32 bits per heavy atom. The lowest BCUT2D eigenvalue weighted by atomic mass is 10.1. The summed E-state index contributed by atoms with van der Waals surface area (Å²) in [5, 5.41) is 11.8. The van der Waals surface area contributed by atoms with E-state index in [9.17, 15) is 4.79 Å². The van der Waals surface area contributed by atoms with Crippen LogP contribution in [0.5, 0.6) is 0 Å². The topological polar surface area (TPSA) is 52.6 Å². The van der Waals surface area contributed by atoms with Gasteiger partial charge in [0.2, 0.25) is 0 Å². The van der Waals surface area contributed by atoms with E-state index in [0.29, 0.717) is 6.54 Å². The predicted molar refractivity (Wildman–Crippen MR) is 77.2 cm³/mol. The predicted octanol–water partition coefficient (Wildman–Crippen LogP) is 1.81. The Kier molecular flexibility index (Phi) is 6.36. The smallest absolute Gasteiger partial charge is 0.317 e. The van der Waals surface area contributed by atoms with Gasteiger partial charge in [0.1, 0.15) is 0 Å². The highest BCUT2D eigenvalue weighted by Gasteiger charge is 2.13. The van der Waals surface area contributed by atoms with Crippen LogP contribution >= 0.6 is 0 Å². The summed E-state index contributed by atoms with van der Waals surface area (Å²) in [6, 6.07) is 8.14. The van der Waals surface area contributed by atoms with E-state index in [1.54, 1.807) is 7.05 Å². The second-order valence-electron chi connectivity index (χ2n) is 4.79. The zero-order valence-electron chi connectivity index (χ0n) is 12.0. The summed E-state index contributed by atoms with van der Waals surface area (Å²) in [5.41, 5.74) is 2.54. The Hall–Kier alpha value is -1.55. The quantitative estimate of drug-likeness (QED) is 0.823. The molecule has 1 aromatic rings. The van der Waals surface area contributed by atoms with Gasteiger partial charge in [0, 0.05) is 13.6 Å². The first-order valence-corrected chi connectivity index (χ1v) is 6.77. The van der Waals surface area contributed by atoms with Gasteiger partial charge in [0.05, 0.1) is 12.6 Å². The van der Waals surface area contributed by atoms with Gasteiger partial charge in [-0.15, -0.1) is 0 Å². The lowest BCUT2D eigenvalue weighted by Gasteiger charge is -2.23. The van der Waals surface area contributed by atoms with Gasteiger partial charge in [-0.2, -0.15) is 0 Å². The van der Waals surface area contributed by atoms with Crippen molar-refractivity contribution in [2.24, 2.45) is 0 Å². The van der Waals surface area contributed by atoms with Gasteiger partial charge in [-0.25, -0.2) is 4.79 Å². The molecule has 0 aliphatic rings. The fourth-order valence-corrected chi connectivity index (χ4v) is 1.70. The molecule has 0 aliphatic heterocycles. The minimum atomic E-state index is -0.163. The molecule has 0 heterocycles. The van der Waals surface area contributed by atoms with Crippen LogP contribution in [0, 0.1) is 0 Å². The van der Waals surface area contributed by atoms with Gasteiger partial charge in [-0.05, 0) is 30.9 Å². The maximum atomic E-state index is 11.7. The largest absolute Gasteiger partial charge is 0.394 e. The molecule has 0 saturated heterocycles. The number of rotatable bonds is 6. The number of nitrogens with one attached hydrogen (secondary N) is 1. The number of aryl methyl sites for hydroxylation is 1. The molecular weight excluding hydrogens is 240 g/mol. The van der Waals surface area contributed by atoms with Crippen molar-refractivity contribution in [3.8, 4) is 0 Å². The third kappa shape index (κ3) is 4.91. The van der Waals surface area contributed by atoms with Gasteiger partial charge < -0.3 is 15.3 Å². The molecule has 0 radical (unpaired) electrons. The molecule has 4 nitrogen and oxygen atoms in total. The normalized spacial score (nSPS) is 12.0. The van der Waals surface area contributed by atoms with Crippen LogP contribution in [-0.2, 0) is 12.8 Å². The van der Waals surface area contributed by atoms with Crippen molar-refractivity contribution in [2.75, 3.05) is 20.2 Å². The van der Waals surface area contributed by atoms with Crippen molar-refractivity contribution in [2.45, 2.75) is 32.7 Å². The monoisotopic (exact) mass is 264 g/mol. The third-order valence-electron chi connectivity index (χ3n) is 3.37. The number of hydrogen-bond donors (Lipinski definition) is 2. The van der Waals surface area contributed by atoms with Crippen molar-refractivity contribution in [3.05, 3.63) is 35.4 Å². The summed E-state index contributed by atoms with van der Waals surface area (Å²) in [7, 11) is 1.69. The number of likely N-dealkylation sites (N-methyl/N-ethyl adjacent to an activating group) is 1. The molecule has 1 unspecified atom stereocenters. The number of benzene rings is 1. The number of aliphatic hydroxyl groups is 1. The maximum absolute atomic E-state index is 11.7. The number of nitrogens with zero attached hydrogens (tertiary/aromatic N) is 1. The second kappa shape index (κ2) is 7.79. The van der Waals surface area contributed by atoms with Gasteiger partial charge in [-0.3, -0.25) is 0 Å². The van der Waals surface area contributed by atoms with Crippen molar-refractivity contribution in [3.63, 3.8) is 0 Å². The van der Waals surface area contributed by atoms with Crippen molar-refractivity contribution >= 4 is 6.03 Å². The summed E-state index contributed by atoms with van der Waals surface area (Å²) >= 11 is 0. The van der Waals surface area contributed by atoms with E-state index < -0.39 is 0 Å². The average molecular weight is 264 g/mol. The molecule has 106 valence electrons. The first-order valence-electron chi connectivity index (χ1n) is 6.77. The molecule has 0 spiro atoms. The van der Waals surface area contributed by atoms with E-state index in [1.165, 1.54) is 16.0 Å². The first kappa shape index (κ1) is 15.5. The van der Waals surface area contributed by atoms with Gasteiger partial charge >= 0.3 is 6.03 Å². The molecule has 0 fully saturated rings. The van der Waals surface area contributed by atoms with Crippen LogP contribution in [0.4, 0.5) is 4.79 Å². The maximum Gasteiger partial charge on any atom is 0.317 e. The van der Waals surface area contributed by atoms with E-state index in [4.69, 9.17) is 5.11 Å². The van der Waals surface area contributed by atoms with E-state index in [-0.39, 0.29) is 18.7 Å². The SMILES string of the molecule is CCc1ccc(CCNC(=O)N(C)C(C)CO)cc1. The Morgan fingerprint density at radius 2 is 1.89 bits per heavy atom. The molecule has 0 saturated carbocycles. The molecule has 4 heteroatoms. The lowest BCUT2D eigenvalue weighted by molar-refractivity contribution is 0.157. The zero-order chi connectivity index (χ0) is 14.3. The second-order valence-corrected chi connectivity index (χ2v) is 4.79. The Morgan fingerprint density at radius 3 is 2.42 bits per heavy atom. The molecule has 1 rings (SSSR count). The van der Waals surface area contributed by atoms with E-state index in [2.05, 4.69) is 36.5 Å². The number of hydrogen-bond acceptors (Lipinski definition) is 2. The summed E-state index contributed by atoms with van der Waals surface area (Å²) in [4.78, 5) is 13.3. The first-order chi connectivity index (χ1) is 9.08. The van der Waals surface area contributed by atoms with E-state index in [1.807, 2.05) is 6.92 Å². The third-order valence-corrected chi connectivity index (χ3v) is 3.37. The van der Waals surface area contributed by atoms with Crippen LogP contribution in [0.2, 0.25) is 0 Å². The van der Waals surface area contributed by atoms with Crippen LogP contribution in [0.3, 0.4) is 0 Å².